The van der Waals surface area contributed by atoms with Gasteiger partial charge in [0.25, 0.3) is 0 Å². The highest BCUT2D eigenvalue weighted by atomic mass is 35.5. The van der Waals surface area contributed by atoms with Crippen LogP contribution in [0, 0.1) is 0 Å². The SMILES string of the molecule is COc1ccccc1-c1ccc(C(C)NC(=O)CC2CCCN2)cc1.Cl. The van der Waals surface area contributed by atoms with Gasteiger partial charge < -0.3 is 15.4 Å². The maximum Gasteiger partial charge on any atom is 0.222 e. The van der Waals surface area contributed by atoms with Crippen LogP contribution in [0.15, 0.2) is 48.5 Å². The summed E-state index contributed by atoms with van der Waals surface area (Å²) in [4.78, 5) is 12.2. The number of ether oxygens (including phenoxy) is 1. The molecule has 1 heterocycles. The fourth-order valence-electron chi connectivity index (χ4n) is 3.37. The number of carbonyl (C=O) groups excluding carboxylic acids is 1. The molecule has 3 rings (SSSR count). The highest BCUT2D eigenvalue weighted by molar-refractivity contribution is 5.85. The van der Waals surface area contributed by atoms with E-state index in [-0.39, 0.29) is 24.4 Å². The van der Waals surface area contributed by atoms with E-state index in [4.69, 9.17) is 4.74 Å². The highest BCUT2D eigenvalue weighted by Gasteiger charge is 2.19. The number of hydrogen-bond donors (Lipinski definition) is 2. The smallest absolute Gasteiger partial charge is 0.222 e. The van der Waals surface area contributed by atoms with Gasteiger partial charge in [-0.2, -0.15) is 0 Å². The molecule has 26 heavy (non-hydrogen) atoms. The van der Waals surface area contributed by atoms with Crippen molar-refractivity contribution in [2.24, 2.45) is 0 Å². The van der Waals surface area contributed by atoms with Gasteiger partial charge in [-0.25, -0.2) is 0 Å². The topological polar surface area (TPSA) is 50.4 Å². The van der Waals surface area contributed by atoms with Crippen molar-refractivity contribution in [2.75, 3.05) is 13.7 Å². The van der Waals surface area contributed by atoms with Crippen LogP contribution >= 0.6 is 12.4 Å². The fraction of sp³-hybridized carbons (Fsp3) is 0.381. The summed E-state index contributed by atoms with van der Waals surface area (Å²) in [6.07, 6.45) is 2.82. The summed E-state index contributed by atoms with van der Waals surface area (Å²) in [5.74, 6) is 0.973. The summed E-state index contributed by atoms with van der Waals surface area (Å²) < 4.78 is 5.43. The number of nitrogens with one attached hydrogen (secondary N) is 2. The predicted molar refractivity (Wildman–Crippen MR) is 108 cm³/mol. The quantitative estimate of drug-likeness (QED) is 0.800. The molecule has 1 aliphatic heterocycles. The maximum absolute atomic E-state index is 12.2. The molecule has 140 valence electrons. The molecule has 0 saturated carbocycles. The molecule has 0 aliphatic carbocycles. The lowest BCUT2D eigenvalue weighted by molar-refractivity contribution is -0.122. The summed E-state index contributed by atoms with van der Waals surface area (Å²) in [6.45, 7) is 3.05. The van der Waals surface area contributed by atoms with Gasteiger partial charge in [0.05, 0.1) is 13.2 Å². The van der Waals surface area contributed by atoms with Crippen LogP contribution in [0.25, 0.3) is 11.1 Å². The Morgan fingerprint density at radius 3 is 2.62 bits per heavy atom. The van der Waals surface area contributed by atoms with Crippen molar-refractivity contribution < 1.29 is 9.53 Å². The van der Waals surface area contributed by atoms with Crippen molar-refractivity contribution in [3.63, 3.8) is 0 Å². The van der Waals surface area contributed by atoms with Crippen molar-refractivity contribution in [1.29, 1.82) is 0 Å². The van der Waals surface area contributed by atoms with Crippen LogP contribution in [0.4, 0.5) is 0 Å². The molecule has 5 heteroatoms. The molecule has 1 fully saturated rings. The number of methoxy groups -OCH3 is 1. The Kier molecular flexibility index (Phi) is 7.49. The van der Waals surface area contributed by atoms with Crippen LogP contribution < -0.4 is 15.4 Å². The first-order valence-electron chi connectivity index (χ1n) is 8.93. The van der Waals surface area contributed by atoms with E-state index in [1.54, 1.807) is 7.11 Å². The molecule has 2 aromatic rings. The predicted octanol–water partition coefficient (Wildman–Crippen LogP) is 4.10. The van der Waals surface area contributed by atoms with E-state index in [1.807, 2.05) is 31.2 Å². The standard InChI is InChI=1S/C21H26N2O2.ClH/c1-15(23-21(24)14-18-6-5-13-22-18)16-9-11-17(12-10-16)19-7-3-4-8-20(19)25-2;/h3-4,7-12,15,18,22H,5-6,13-14H2,1-2H3,(H,23,24);1H. The Hall–Kier alpha value is -2.04. The number of halogens is 1. The van der Waals surface area contributed by atoms with Gasteiger partial charge >= 0.3 is 0 Å². The second kappa shape index (κ2) is 9.60. The molecule has 2 unspecified atom stereocenters. The molecule has 1 amide bonds. The van der Waals surface area contributed by atoms with E-state index in [9.17, 15) is 4.79 Å². The average molecular weight is 375 g/mol. The molecule has 1 aliphatic rings. The van der Waals surface area contributed by atoms with Crippen molar-refractivity contribution in [3.8, 4) is 16.9 Å². The van der Waals surface area contributed by atoms with Crippen molar-refractivity contribution >= 4 is 18.3 Å². The third-order valence-corrected chi connectivity index (χ3v) is 4.80. The number of carbonyl (C=O) groups is 1. The molecular formula is C21H27ClN2O2. The van der Waals surface area contributed by atoms with Crippen LogP contribution in [-0.4, -0.2) is 25.6 Å². The zero-order chi connectivity index (χ0) is 17.6. The van der Waals surface area contributed by atoms with Crippen LogP contribution in [0.1, 0.15) is 37.8 Å². The van der Waals surface area contributed by atoms with Crippen LogP contribution in [0.5, 0.6) is 5.75 Å². The van der Waals surface area contributed by atoms with Crippen LogP contribution in [-0.2, 0) is 4.79 Å². The molecule has 0 spiro atoms. The van der Waals surface area contributed by atoms with Crippen molar-refractivity contribution in [1.82, 2.24) is 10.6 Å². The number of amides is 1. The molecular weight excluding hydrogens is 348 g/mol. The lowest BCUT2D eigenvalue weighted by atomic mass is 10.0. The number of benzene rings is 2. The number of rotatable bonds is 6. The van der Waals surface area contributed by atoms with E-state index in [2.05, 4.69) is 34.9 Å². The van der Waals surface area contributed by atoms with Crippen LogP contribution in [0.3, 0.4) is 0 Å². The molecule has 0 radical (unpaired) electrons. The molecule has 1 saturated heterocycles. The van der Waals surface area contributed by atoms with Crippen molar-refractivity contribution in [2.45, 2.75) is 38.3 Å². The fourth-order valence-corrected chi connectivity index (χ4v) is 3.37. The lowest BCUT2D eigenvalue weighted by Crippen LogP contribution is -2.33. The summed E-state index contributed by atoms with van der Waals surface area (Å²) in [7, 11) is 1.68. The first-order valence-corrected chi connectivity index (χ1v) is 8.93. The lowest BCUT2D eigenvalue weighted by Gasteiger charge is -2.17. The average Bonchev–Trinajstić information content (AvgIpc) is 3.14. The van der Waals surface area contributed by atoms with E-state index in [1.165, 1.54) is 0 Å². The molecule has 4 nitrogen and oxygen atoms in total. The Morgan fingerprint density at radius 2 is 1.96 bits per heavy atom. The van der Waals surface area contributed by atoms with E-state index >= 15 is 0 Å². The zero-order valence-electron chi connectivity index (χ0n) is 15.3. The second-order valence-corrected chi connectivity index (χ2v) is 6.61. The first kappa shape index (κ1) is 20.3. The molecule has 0 aromatic heterocycles. The first-order chi connectivity index (χ1) is 12.2. The third-order valence-electron chi connectivity index (χ3n) is 4.80. The summed E-state index contributed by atoms with van der Waals surface area (Å²) in [5.41, 5.74) is 3.28. The van der Waals surface area contributed by atoms with Crippen molar-refractivity contribution in [3.05, 3.63) is 54.1 Å². The maximum atomic E-state index is 12.2. The molecule has 2 aromatic carbocycles. The van der Waals surface area contributed by atoms with E-state index in [0.717, 1.165) is 41.8 Å². The zero-order valence-corrected chi connectivity index (χ0v) is 16.1. The number of hydrogen-bond acceptors (Lipinski definition) is 3. The third kappa shape index (κ3) is 4.99. The largest absolute Gasteiger partial charge is 0.496 e. The van der Waals surface area contributed by atoms with E-state index < -0.39 is 0 Å². The monoisotopic (exact) mass is 374 g/mol. The summed E-state index contributed by atoms with van der Waals surface area (Å²) in [6, 6.07) is 16.6. The normalized spacial score (nSPS) is 17.2. The Bertz CT molecular complexity index is 712. The minimum Gasteiger partial charge on any atom is -0.496 e. The van der Waals surface area contributed by atoms with Gasteiger partial charge in [0, 0.05) is 18.0 Å². The summed E-state index contributed by atoms with van der Waals surface area (Å²) in [5, 5.41) is 6.47. The van der Waals surface area contributed by atoms with Gasteiger partial charge in [0.15, 0.2) is 0 Å². The van der Waals surface area contributed by atoms with Gasteiger partial charge in [-0.3, -0.25) is 4.79 Å². The van der Waals surface area contributed by atoms with E-state index in [0.29, 0.717) is 12.5 Å². The van der Waals surface area contributed by atoms with Gasteiger partial charge in [0.1, 0.15) is 5.75 Å². The minimum absolute atomic E-state index is 0. The highest BCUT2D eigenvalue weighted by Crippen LogP contribution is 2.30. The van der Waals surface area contributed by atoms with Gasteiger partial charge in [-0.15, -0.1) is 12.4 Å². The van der Waals surface area contributed by atoms with Crippen LogP contribution in [0.2, 0.25) is 0 Å². The van der Waals surface area contributed by atoms with Gasteiger partial charge in [-0.1, -0.05) is 42.5 Å². The molecule has 2 N–H and O–H groups in total. The number of para-hydroxylation sites is 1. The summed E-state index contributed by atoms with van der Waals surface area (Å²) >= 11 is 0. The second-order valence-electron chi connectivity index (χ2n) is 6.61. The van der Waals surface area contributed by atoms with Gasteiger partial charge in [-0.05, 0) is 43.5 Å². The Balaban J connectivity index is 0.00000243. The van der Waals surface area contributed by atoms with Gasteiger partial charge in [0.2, 0.25) is 5.91 Å². The minimum atomic E-state index is 0. The Morgan fingerprint density at radius 1 is 1.23 bits per heavy atom. The molecule has 0 bridgehead atoms. The Labute approximate surface area is 161 Å². The molecule has 2 atom stereocenters.